The van der Waals surface area contributed by atoms with Gasteiger partial charge in [-0.15, -0.1) is 0 Å². The molecule has 0 aromatic heterocycles. The van der Waals surface area contributed by atoms with Crippen molar-refractivity contribution >= 4 is 29.0 Å². The molecule has 1 heterocycles. The Labute approximate surface area is 226 Å². The first-order valence-electron chi connectivity index (χ1n) is 13.5. The van der Waals surface area contributed by atoms with Crippen LogP contribution in [0.5, 0.6) is 0 Å². The summed E-state index contributed by atoms with van der Waals surface area (Å²) in [6.45, 7) is 15.0. The number of rotatable bonds is 6. The lowest BCUT2D eigenvalue weighted by Gasteiger charge is -2.39. The van der Waals surface area contributed by atoms with Crippen LogP contribution in [-0.4, -0.2) is 60.4 Å². The number of piperazine rings is 1. The molecule has 2 aliphatic rings. The van der Waals surface area contributed by atoms with E-state index in [0.29, 0.717) is 5.56 Å². The number of hydrogen-bond donors (Lipinski definition) is 2. The zero-order chi connectivity index (χ0) is 27.5. The molecule has 0 radical (unpaired) electrons. The Kier molecular flexibility index (Phi) is 8.16. The fourth-order valence-electron chi connectivity index (χ4n) is 5.34. The molecule has 4 rings (SSSR count). The first-order valence-corrected chi connectivity index (χ1v) is 13.5. The molecule has 7 nitrogen and oxygen atoms in total. The van der Waals surface area contributed by atoms with Crippen molar-refractivity contribution < 1.29 is 19.4 Å². The van der Waals surface area contributed by atoms with E-state index in [-0.39, 0.29) is 5.41 Å². The summed E-state index contributed by atoms with van der Waals surface area (Å²) < 4.78 is 5.37. The summed E-state index contributed by atoms with van der Waals surface area (Å²) >= 11 is 0. The van der Waals surface area contributed by atoms with Crippen molar-refractivity contribution in [2.45, 2.75) is 59.5 Å². The Balaban J connectivity index is 1.42. The van der Waals surface area contributed by atoms with Crippen LogP contribution in [0, 0.1) is 5.41 Å². The molecule has 1 fully saturated rings. The van der Waals surface area contributed by atoms with Gasteiger partial charge in [0.15, 0.2) is 0 Å². The number of carbonyl (C=O) groups excluding carboxylic acids is 1. The zero-order valence-electron chi connectivity index (χ0n) is 23.3. The highest BCUT2D eigenvalue weighted by Gasteiger charge is 2.29. The van der Waals surface area contributed by atoms with Gasteiger partial charge in [-0.1, -0.05) is 31.6 Å². The summed E-state index contributed by atoms with van der Waals surface area (Å²) in [5.41, 5.74) is 6.04. The van der Waals surface area contributed by atoms with Crippen LogP contribution in [0.15, 0.2) is 54.1 Å². The highest BCUT2D eigenvalue weighted by atomic mass is 16.6. The highest BCUT2D eigenvalue weighted by Crippen LogP contribution is 2.43. The number of anilines is 2. The number of nitrogens with one attached hydrogen (secondary N) is 1. The summed E-state index contributed by atoms with van der Waals surface area (Å²) in [6.07, 6.45) is 2.85. The van der Waals surface area contributed by atoms with Gasteiger partial charge >= 0.3 is 12.1 Å². The molecule has 0 saturated carbocycles. The van der Waals surface area contributed by atoms with Crippen LogP contribution >= 0.6 is 0 Å². The summed E-state index contributed by atoms with van der Waals surface area (Å²) in [6, 6.07) is 15.3. The molecule has 204 valence electrons. The highest BCUT2D eigenvalue weighted by molar-refractivity contribution is 5.88. The molecule has 1 aliphatic carbocycles. The number of amides is 1. The monoisotopic (exact) mass is 519 g/mol. The second-order valence-electron chi connectivity index (χ2n) is 12.2. The van der Waals surface area contributed by atoms with Gasteiger partial charge in [0.1, 0.15) is 5.60 Å². The summed E-state index contributed by atoms with van der Waals surface area (Å²) in [5.74, 6) is -0.894. The molecule has 0 spiro atoms. The van der Waals surface area contributed by atoms with E-state index >= 15 is 0 Å². The van der Waals surface area contributed by atoms with Crippen molar-refractivity contribution in [1.29, 1.82) is 0 Å². The fourth-order valence-corrected chi connectivity index (χ4v) is 5.34. The number of aromatic carboxylic acids is 1. The van der Waals surface area contributed by atoms with E-state index < -0.39 is 17.7 Å². The SMILES string of the molecule is CC1(C)CCC(c2ccc(NC(=O)OC(C)(C)C)cc2)=C(CN2CCN(c3ccc(C(=O)O)cc3)CC2)C1. The van der Waals surface area contributed by atoms with Crippen molar-refractivity contribution in [3.63, 3.8) is 0 Å². The van der Waals surface area contributed by atoms with Crippen LogP contribution in [-0.2, 0) is 4.74 Å². The van der Waals surface area contributed by atoms with Crippen LogP contribution in [0.1, 0.15) is 69.8 Å². The number of carboxylic acid groups (broad SMARTS) is 1. The van der Waals surface area contributed by atoms with Crippen LogP contribution < -0.4 is 10.2 Å². The Morgan fingerprint density at radius 1 is 0.974 bits per heavy atom. The summed E-state index contributed by atoms with van der Waals surface area (Å²) in [7, 11) is 0. The first-order chi connectivity index (χ1) is 17.9. The number of carbonyl (C=O) groups is 2. The molecular formula is C31H41N3O4. The number of benzene rings is 2. The predicted molar refractivity (Wildman–Crippen MR) is 153 cm³/mol. The number of nitrogens with zero attached hydrogens (tertiary/aromatic N) is 2. The molecule has 0 bridgehead atoms. The smallest absolute Gasteiger partial charge is 0.412 e. The molecule has 1 aliphatic heterocycles. The maximum atomic E-state index is 12.1. The van der Waals surface area contributed by atoms with Crippen molar-refractivity contribution in [2.24, 2.45) is 5.41 Å². The molecule has 38 heavy (non-hydrogen) atoms. The van der Waals surface area contributed by atoms with E-state index in [4.69, 9.17) is 9.84 Å². The third kappa shape index (κ3) is 7.38. The third-order valence-electron chi connectivity index (χ3n) is 7.32. The lowest BCUT2D eigenvalue weighted by Crippen LogP contribution is -2.47. The van der Waals surface area contributed by atoms with E-state index in [0.717, 1.165) is 63.4 Å². The Bertz CT molecular complexity index is 1170. The van der Waals surface area contributed by atoms with Crippen LogP contribution in [0.25, 0.3) is 5.57 Å². The van der Waals surface area contributed by atoms with Crippen molar-refractivity contribution in [1.82, 2.24) is 4.90 Å². The fraction of sp³-hybridized carbons (Fsp3) is 0.484. The minimum absolute atomic E-state index is 0.282. The standard InChI is InChI=1S/C31H41N3O4/c1-30(2,3)38-29(37)32-25-10-6-22(7-11-25)27-14-15-31(4,5)20-24(27)21-33-16-18-34(19-17-33)26-12-8-23(9-13-26)28(35)36/h6-13H,14-21H2,1-5H3,(H,32,37)(H,35,36). The third-order valence-corrected chi connectivity index (χ3v) is 7.32. The lowest BCUT2D eigenvalue weighted by atomic mass is 9.72. The molecule has 7 heteroatoms. The second-order valence-corrected chi connectivity index (χ2v) is 12.2. The van der Waals surface area contributed by atoms with Gasteiger partial charge < -0.3 is 14.7 Å². The number of ether oxygens (including phenoxy) is 1. The minimum atomic E-state index is -0.894. The number of carboxylic acids is 1. The van der Waals surface area contributed by atoms with Gasteiger partial charge in [0.2, 0.25) is 0 Å². The Morgan fingerprint density at radius 3 is 2.18 bits per heavy atom. The lowest BCUT2D eigenvalue weighted by molar-refractivity contribution is 0.0634. The molecule has 0 unspecified atom stereocenters. The Hall–Kier alpha value is -3.32. The van der Waals surface area contributed by atoms with E-state index in [1.165, 1.54) is 16.7 Å². The van der Waals surface area contributed by atoms with Crippen molar-refractivity contribution in [2.75, 3.05) is 42.9 Å². The normalized spacial score (nSPS) is 18.3. The van der Waals surface area contributed by atoms with E-state index in [9.17, 15) is 9.59 Å². The van der Waals surface area contributed by atoms with Crippen molar-refractivity contribution in [3.8, 4) is 0 Å². The van der Waals surface area contributed by atoms with Gasteiger partial charge in [-0.25, -0.2) is 9.59 Å². The van der Waals surface area contributed by atoms with Gasteiger partial charge in [-0.05, 0) is 93.0 Å². The number of hydrogen-bond acceptors (Lipinski definition) is 5. The van der Waals surface area contributed by atoms with E-state index in [2.05, 4.69) is 41.1 Å². The summed E-state index contributed by atoms with van der Waals surface area (Å²) in [4.78, 5) is 28.2. The molecule has 2 aromatic carbocycles. The maximum absolute atomic E-state index is 12.1. The van der Waals surface area contributed by atoms with E-state index in [1.807, 2.05) is 45.0 Å². The predicted octanol–water partition coefficient (Wildman–Crippen LogP) is 6.52. The zero-order valence-corrected chi connectivity index (χ0v) is 23.3. The van der Waals surface area contributed by atoms with E-state index in [1.54, 1.807) is 12.1 Å². The molecule has 1 saturated heterocycles. The largest absolute Gasteiger partial charge is 0.478 e. The quantitative estimate of drug-likeness (QED) is 0.452. The average molecular weight is 520 g/mol. The number of allylic oxidation sites excluding steroid dienone is 1. The van der Waals surface area contributed by atoms with Gasteiger partial charge in [0.05, 0.1) is 5.56 Å². The average Bonchev–Trinajstić information content (AvgIpc) is 2.84. The van der Waals surface area contributed by atoms with Crippen molar-refractivity contribution in [3.05, 3.63) is 65.2 Å². The van der Waals surface area contributed by atoms with Gasteiger partial charge in [-0.2, -0.15) is 0 Å². The molecule has 2 aromatic rings. The molecule has 0 atom stereocenters. The minimum Gasteiger partial charge on any atom is -0.478 e. The topological polar surface area (TPSA) is 82.1 Å². The molecular weight excluding hydrogens is 478 g/mol. The molecule has 1 amide bonds. The van der Waals surface area contributed by atoms with Gasteiger partial charge in [-0.3, -0.25) is 10.2 Å². The Morgan fingerprint density at radius 2 is 1.61 bits per heavy atom. The first kappa shape index (κ1) is 27.7. The van der Waals surface area contributed by atoms with Gasteiger partial charge in [0.25, 0.3) is 0 Å². The summed E-state index contributed by atoms with van der Waals surface area (Å²) in [5, 5.41) is 12.0. The van der Waals surface area contributed by atoms with Crippen LogP contribution in [0.3, 0.4) is 0 Å². The second kappa shape index (κ2) is 11.2. The van der Waals surface area contributed by atoms with Gasteiger partial charge in [0, 0.05) is 44.1 Å². The van der Waals surface area contributed by atoms with Crippen LogP contribution in [0.2, 0.25) is 0 Å². The maximum Gasteiger partial charge on any atom is 0.412 e. The van der Waals surface area contributed by atoms with Crippen LogP contribution in [0.4, 0.5) is 16.2 Å². The molecule has 2 N–H and O–H groups in total.